The summed E-state index contributed by atoms with van der Waals surface area (Å²) >= 11 is 1.42. The summed E-state index contributed by atoms with van der Waals surface area (Å²) in [4.78, 5) is 12.2. The van der Waals surface area contributed by atoms with Crippen LogP contribution in [0.2, 0.25) is 0 Å². The summed E-state index contributed by atoms with van der Waals surface area (Å²) in [6.07, 6.45) is 0. The van der Waals surface area contributed by atoms with Crippen molar-refractivity contribution in [2.24, 2.45) is 5.92 Å². The molecule has 2 aromatic rings. The number of carboxylic acid groups (broad SMARTS) is 1. The average molecular weight is 260 g/mol. The van der Waals surface area contributed by atoms with Crippen LogP contribution in [0, 0.1) is 5.92 Å². The van der Waals surface area contributed by atoms with Gasteiger partial charge in [0.2, 0.25) is 0 Å². The van der Waals surface area contributed by atoms with Gasteiger partial charge in [-0.3, -0.25) is 4.79 Å². The lowest BCUT2D eigenvalue weighted by atomic mass is 10.1. The number of carbonyl (C=O) groups is 1. The molecule has 0 aliphatic rings. The maximum Gasteiger partial charge on any atom is 0.317 e. The molecular formula is C15H16O2S. The maximum absolute atomic E-state index is 11.2. The summed E-state index contributed by atoms with van der Waals surface area (Å²) in [6.45, 7) is 3.87. The molecule has 0 heterocycles. The Morgan fingerprint density at radius 3 is 2.39 bits per heavy atom. The average Bonchev–Trinajstić information content (AvgIpc) is 2.35. The van der Waals surface area contributed by atoms with Crippen LogP contribution < -0.4 is 0 Å². The summed E-state index contributed by atoms with van der Waals surface area (Å²) in [5.74, 6) is -0.637. The molecule has 0 unspecified atom stereocenters. The van der Waals surface area contributed by atoms with E-state index < -0.39 is 11.2 Å². The highest BCUT2D eigenvalue weighted by Gasteiger charge is 2.22. The first-order valence-corrected chi connectivity index (χ1v) is 6.84. The van der Waals surface area contributed by atoms with E-state index in [-0.39, 0.29) is 5.92 Å². The van der Waals surface area contributed by atoms with Crippen molar-refractivity contribution in [1.29, 1.82) is 0 Å². The lowest BCUT2D eigenvalue weighted by Gasteiger charge is -2.15. The fraction of sp³-hybridized carbons (Fsp3) is 0.267. The minimum atomic E-state index is -0.747. The van der Waals surface area contributed by atoms with Crippen molar-refractivity contribution in [3.05, 3.63) is 42.5 Å². The van der Waals surface area contributed by atoms with E-state index in [9.17, 15) is 9.90 Å². The molecule has 0 aromatic heterocycles. The van der Waals surface area contributed by atoms with E-state index in [0.29, 0.717) is 0 Å². The van der Waals surface area contributed by atoms with E-state index in [1.807, 2.05) is 44.2 Å². The molecule has 0 amide bonds. The predicted octanol–water partition coefficient (Wildman–Crippen LogP) is 4.04. The van der Waals surface area contributed by atoms with Gasteiger partial charge in [0.1, 0.15) is 5.25 Å². The molecule has 0 saturated heterocycles. The number of aliphatic carboxylic acids is 1. The molecule has 0 saturated carbocycles. The molecule has 18 heavy (non-hydrogen) atoms. The largest absolute Gasteiger partial charge is 0.480 e. The van der Waals surface area contributed by atoms with Crippen LogP contribution >= 0.6 is 11.8 Å². The van der Waals surface area contributed by atoms with Crippen LogP contribution in [0.3, 0.4) is 0 Å². The van der Waals surface area contributed by atoms with E-state index in [1.54, 1.807) is 0 Å². The molecular weight excluding hydrogens is 244 g/mol. The quantitative estimate of drug-likeness (QED) is 0.843. The molecule has 2 rings (SSSR count). The number of hydrogen-bond donors (Lipinski definition) is 1. The molecule has 1 atom stereocenters. The first kappa shape index (κ1) is 13.0. The van der Waals surface area contributed by atoms with Crippen LogP contribution in [0.15, 0.2) is 47.4 Å². The normalized spacial score (nSPS) is 12.8. The van der Waals surface area contributed by atoms with Gasteiger partial charge in [0.05, 0.1) is 0 Å². The summed E-state index contributed by atoms with van der Waals surface area (Å²) in [5.41, 5.74) is 0. The first-order valence-electron chi connectivity index (χ1n) is 5.96. The van der Waals surface area contributed by atoms with Gasteiger partial charge in [-0.2, -0.15) is 0 Å². The van der Waals surface area contributed by atoms with Crippen molar-refractivity contribution in [3.63, 3.8) is 0 Å². The molecule has 1 N–H and O–H groups in total. The molecule has 0 aliphatic carbocycles. The van der Waals surface area contributed by atoms with E-state index in [0.717, 1.165) is 10.3 Å². The highest BCUT2D eigenvalue weighted by Crippen LogP contribution is 2.30. The van der Waals surface area contributed by atoms with Crippen LogP contribution in [0.25, 0.3) is 10.8 Å². The number of benzene rings is 2. The second-order valence-electron chi connectivity index (χ2n) is 4.63. The van der Waals surface area contributed by atoms with Crippen LogP contribution in [0.4, 0.5) is 0 Å². The zero-order valence-corrected chi connectivity index (χ0v) is 11.3. The first-order chi connectivity index (χ1) is 8.58. The van der Waals surface area contributed by atoms with E-state index in [4.69, 9.17) is 0 Å². The second kappa shape index (κ2) is 5.44. The smallest absolute Gasteiger partial charge is 0.317 e. The Kier molecular flexibility index (Phi) is 3.92. The Balaban J connectivity index is 2.28. The molecule has 0 spiro atoms. The van der Waals surface area contributed by atoms with Crippen molar-refractivity contribution in [2.45, 2.75) is 24.0 Å². The van der Waals surface area contributed by atoms with Gasteiger partial charge in [0.25, 0.3) is 0 Å². The monoisotopic (exact) mass is 260 g/mol. The lowest BCUT2D eigenvalue weighted by Crippen LogP contribution is -2.22. The molecule has 2 nitrogen and oxygen atoms in total. The van der Waals surface area contributed by atoms with Crippen molar-refractivity contribution in [2.75, 3.05) is 0 Å². The molecule has 0 bridgehead atoms. The third-order valence-corrected chi connectivity index (χ3v) is 4.36. The minimum Gasteiger partial charge on any atom is -0.480 e. The molecule has 0 fully saturated rings. The lowest BCUT2D eigenvalue weighted by molar-refractivity contribution is -0.137. The minimum absolute atomic E-state index is 0.110. The van der Waals surface area contributed by atoms with Gasteiger partial charge in [0.15, 0.2) is 0 Å². The Hall–Kier alpha value is -1.48. The van der Waals surface area contributed by atoms with Crippen LogP contribution in [0.1, 0.15) is 13.8 Å². The van der Waals surface area contributed by atoms with Gasteiger partial charge in [0, 0.05) is 4.90 Å². The molecule has 0 radical (unpaired) electrons. The van der Waals surface area contributed by atoms with E-state index in [1.165, 1.54) is 17.1 Å². The predicted molar refractivity (Wildman–Crippen MR) is 76.1 cm³/mol. The van der Waals surface area contributed by atoms with Crippen LogP contribution in [-0.4, -0.2) is 16.3 Å². The third-order valence-electron chi connectivity index (χ3n) is 2.83. The Bertz CT molecular complexity index is 563. The molecule has 3 heteroatoms. The zero-order valence-electron chi connectivity index (χ0n) is 10.5. The summed E-state index contributed by atoms with van der Waals surface area (Å²) in [7, 11) is 0. The number of hydrogen-bond acceptors (Lipinski definition) is 2. The van der Waals surface area contributed by atoms with E-state index >= 15 is 0 Å². The van der Waals surface area contributed by atoms with Gasteiger partial charge in [-0.05, 0) is 28.8 Å². The zero-order chi connectivity index (χ0) is 13.1. The summed E-state index contributed by atoms with van der Waals surface area (Å²) < 4.78 is 0. The van der Waals surface area contributed by atoms with Crippen molar-refractivity contribution >= 4 is 28.5 Å². The highest BCUT2D eigenvalue weighted by molar-refractivity contribution is 8.00. The van der Waals surface area contributed by atoms with E-state index in [2.05, 4.69) is 12.1 Å². The summed E-state index contributed by atoms with van der Waals surface area (Å²) in [6, 6.07) is 14.2. The van der Waals surface area contributed by atoms with Gasteiger partial charge < -0.3 is 5.11 Å². The molecule has 2 aromatic carbocycles. The van der Waals surface area contributed by atoms with Gasteiger partial charge in [-0.15, -0.1) is 11.8 Å². The maximum atomic E-state index is 11.2. The number of fused-ring (bicyclic) bond motifs is 1. The number of rotatable bonds is 4. The van der Waals surface area contributed by atoms with Gasteiger partial charge in [-0.25, -0.2) is 0 Å². The van der Waals surface area contributed by atoms with Crippen molar-refractivity contribution < 1.29 is 9.90 Å². The fourth-order valence-corrected chi connectivity index (χ4v) is 2.87. The van der Waals surface area contributed by atoms with Crippen LogP contribution in [0.5, 0.6) is 0 Å². The Labute approximate surface area is 111 Å². The standard InChI is InChI=1S/C15H16O2S/c1-10(2)14(15(16)17)18-13-8-7-11-5-3-4-6-12(11)9-13/h3-10,14H,1-2H3,(H,16,17)/t14-/m1/s1. The topological polar surface area (TPSA) is 37.3 Å². The highest BCUT2D eigenvalue weighted by atomic mass is 32.2. The van der Waals surface area contributed by atoms with Gasteiger partial charge in [-0.1, -0.05) is 44.2 Å². The molecule has 0 aliphatic heterocycles. The molecule has 94 valence electrons. The second-order valence-corrected chi connectivity index (χ2v) is 5.84. The number of carboxylic acids is 1. The Morgan fingerprint density at radius 2 is 1.78 bits per heavy atom. The fourth-order valence-electron chi connectivity index (χ4n) is 1.86. The van der Waals surface area contributed by atoms with Crippen molar-refractivity contribution in [1.82, 2.24) is 0 Å². The van der Waals surface area contributed by atoms with Crippen molar-refractivity contribution in [3.8, 4) is 0 Å². The third kappa shape index (κ3) is 2.85. The van der Waals surface area contributed by atoms with Crippen LogP contribution in [-0.2, 0) is 4.79 Å². The van der Waals surface area contributed by atoms with Gasteiger partial charge >= 0.3 is 5.97 Å². The number of thioether (sulfide) groups is 1. The SMILES string of the molecule is CC(C)[C@@H](Sc1ccc2ccccc2c1)C(=O)O. The summed E-state index contributed by atoms with van der Waals surface area (Å²) in [5, 5.41) is 11.1. The Morgan fingerprint density at radius 1 is 1.11 bits per heavy atom.